The minimum Gasteiger partial charge on any atom is -0.314 e. The van der Waals surface area contributed by atoms with Crippen LogP contribution >= 0.6 is 24.8 Å². The van der Waals surface area contributed by atoms with Crippen LogP contribution in [0, 0.1) is 23.4 Å². The van der Waals surface area contributed by atoms with E-state index >= 15 is 0 Å². The molecule has 0 bridgehead atoms. The van der Waals surface area contributed by atoms with Gasteiger partial charge in [0.2, 0.25) is 0 Å². The number of nitrogens with one attached hydrogen (secondary N) is 1. The normalized spacial score (nSPS) is 20.0. The maximum atomic E-state index is 14.1. The van der Waals surface area contributed by atoms with Crippen LogP contribution in [0.4, 0.5) is 13.2 Å². The summed E-state index contributed by atoms with van der Waals surface area (Å²) >= 11 is 0. The van der Waals surface area contributed by atoms with E-state index in [2.05, 4.69) is 10.2 Å². The van der Waals surface area contributed by atoms with Crippen LogP contribution in [0.1, 0.15) is 30.9 Å². The summed E-state index contributed by atoms with van der Waals surface area (Å²) in [5.74, 6) is -2.88. The van der Waals surface area contributed by atoms with Gasteiger partial charge in [0.1, 0.15) is 0 Å². The molecule has 1 aromatic carbocycles. The first-order valence-electron chi connectivity index (χ1n) is 7.25. The Labute approximate surface area is 141 Å². The molecule has 1 saturated heterocycles. The van der Waals surface area contributed by atoms with Crippen LogP contribution in [0.2, 0.25) is 0 Å². The molecule has 2 aliphatic rings. The molecule has 1 aliphatic heterocycles. The molecule has 126 valence electrons. The lowest BCUT2D eigenvalue weighted by Crippen LogP contribution is -2.45. The third kappa shape index (κ3) is 4.28. The second kappa shape index (κ2) is 8.39. The van der Waals surface area contributed by atoms with Gasteiger partial charge in [0.15, 0.2) is 17.5 Å². The van der Waals surface area contributed by atoms with E-state index in [1.54, 1.807) is 0 Å². The van der Waals surface area contributed by atoms with Gasteiger partial charge < -0.3 is 5.32 Å². The monoisotopic (exact) mass is 356 g/mol. The van der Waals surface area contributed by atoms with Gasteiger partial charge in [-0.25, -0.2) is 13.2 Å². The zero-order valence-electron chi connectivity index (χ0n) is 12.2. The van der Waals surface area contributed by atoms with Crippen LogP contribution in [0.3, 0.4) is 0 Å². The van der Waals surface area contributed by atoms with Crippen molar-refractivity contribution in [1.82, 2.24) is 10.2 Å². The summed E-state index contributed by atoms with van der Waals surface area (Å²) in [7, 11) is 0. The molecule has 22 heavy (non-hydrogen) atoms. The average Bonchev–Trinajstić information content (AvgIpc) is 3.28. The largest absolute Gasteiger partial charge is 0.314 e. The van der Waals surface area contributed by atoms with Crippen molar-refractivity contribution >= 4 is 24.8 Å². The van der Waals surface area contributed by atoms with Crippen LogP contribution in [-0.2, 0) is 0 Å². The van der Waals surface area contributed by atoms with E-state index < -0.39 is 17.5 Å². The lowest BCUT2D eigenvalue weighted by atomic mass is 9.98. The maximum Gasteiger partial charge on any atom is 0.194 e. The average molecular weight is 357 g/mol. The van der Waals surface area contributed by atoms with Gasteiger partial charge in [-0.2, -0.15) is 0 Å². The fourth-order valence-corrected chi connectivity index (χ4v) is 2.93. The van der Waals surface area contributed by atoms with Gasteiger partial charge >= 0.3 is 0 Å². The Kier molecular flexibility index (Phi) is 7.46. The Morgan fingerprint density at radius 2 is 1.68 bits per heavy atom. The van der Waals surface area contributed by atoms with Gasteiger partial charge in [-0.15, -0.1) is 24.8 Å². The third-order valence-corrected chi connectivity index (χ3v) is 4.27. The highest BCUT2D eigenvalue weighted by Crippen LogP contribution is 2.41. The molecule has 0 spiro atoms. The molecule has 7 heteroatoms. The molecule has 2 fully saturated rings. The maximum absolute atomic E-state index is 14.1. The zero-order chi connectivity index (χ0) is 14.1. The van der Waals surface area contributed by atoms with Gasteiger partial charge in [0, 0.05) is 37.8 Å². The molecule has 1 atom stereocenters. The first-order valence-corrected chi connectivity index (χ1v) is 7.25. The van der Waals surface area contributed by atoms with Crippen molar-refractivity contribution in [3.05, 3.63) is 35.1 Å². The van der Waals surface area contributed by atoms with E-state index in [9.17, 15) is 13.2 Å². The van der Waals surface area contributed by atoms with E-state index in [1.807, 2.05) is 0 Å². The number of nitrogens with zero attached hydrogens (tertiary/aromatic N) is 1. The van der Waals surface area contributed by atoms with Crippen LogP contribution < -0.4 is 5.32 Å². The lowest BCUT2D eigenvalue weighted by Gasteiger charge is -2.35. The standard InChI is InChI=1S/C15H19F3N2.2ClH/c16-12-4-3-11(14(17)15(12)18)13(9-10-1-2-10)20-7-5-19-6-8-20;;/h3-4,10,13,19H,1-2,5-9H2;2*1H/t13-;;/m1../s1. The molecular weight excluding hydrogens is 336 g/mol. The number of halogens is 5. The van der Waals surface area contributed by atoms with Crippen molar-refractivity contribution in [2.24, 2.45) is 5.92 Å². The van der Waals surface area contributed by atoms with Crippen molar-refractivity contribution in [3.63, 3.8) is 0 Å². The second-order valence-corrected chi connectivity index (χ2v) is 5.75. The molecule has 0 radical (unpaired) electrons. The van der Waals surface area contributed by atoms with Crippen LogP contribution in [0.15, 0.2) is 12.1 Å². The zero-order valence-corrected chi connectivity index (χ0v) is 13.8. The Balaban J connectivity index is 0.00000121. The van der Waals surface area contributed by atoms with Crippen molar-refractivity contribution in [3.8, 4) is 0 Å². The minimum atomic E-state index is -1.35. The molecule has 0 unspecified atom stereocenters. The van der Waals surface area contributed by atoms with Crippen molar-refractivity contribution in [2.45, 2.75) is 25.3 Å². The van der Waals surface area contributed by atoms with E-state index in [0.717, 1.165) is 51.5 Å². The summed E-state index contributed by atoms with van der Waals surface area (Å²) in [4.78, 5) is 2.19. The number of benzene rings is 1. The van der Waals surface area contributed by atoms with Crippen molar-refractivity contribution in [1.29, 1.82) is 0 Å². The predicted octanol–water partition coefficient (Wildman–Crippen LogP) is 3.69. The van der Waals surface area contributed by atoms with Gasteiger partial charge in [-0.05, 0) is 18.4 Å². The molecule has 0 aromatic heterocycles. The van der Waals surface area contributed by atoms with Gasteiger partial charge in [-0.3, -0.25) is 4.90 Å². The van der Waals surface area contributed by atoms with E-state index in [1.165, 1.54) is 6.07 Å². The fourth-order valence-electron chi connectivity index (χ4n) is 2.93. The Bertz CT molecular complexity index is 492. The first-order chi connectivity index (χ1) is 9.66. The smallest absolute Gasteiger partial charge is 0.194 e. The Morgan fingerprint density at radius 3 is 2.27 bits per heavy atom. The quantitative estimate of drug-likeness (QED) is 0.827. The number of piperazine rings is 1. The van der Waals surface area contributed by atoms with Crippen LogP contribution in [0.25, 0.3) is 0 Å². The van der Waals surface area contributed by atoms with E-state index in [4.69, 9.17) is 0 Å². The molecule has 1 N–H and O–H groups in total. The third-order valence-electron chi connectivity index (χ3n) is 4.27. The lowest BCUT2D eigenvalue weighted by molar-refractivity contribution is 0.156. The molecule has 1 aromatic rings. The topological polar surface area (TPSA) is 15.3 Å². The Morgan fingerprint density at radius 1 is 1.05 bits per heavy atom. The molecule has 1 heterocycles. The fraction of sp³-hybridized carbons (Fsp3) is 0.600. The highest BCUT2D eigenvalue weighted by molar-refractivity contribution is 5.85. The summed E-state index contributed by atoms with van der Waals surface area (Å²) in [6.07, 6.45) is 3.16. The summed E-state index contributed by atoms with van der Waals surface area (Å²) in [6, 6.07) is 2.30. The van der Waals surface area contributed by atoms with Crippen LogP contribution in [0.5, 0.6) is 0 Å². The molecule has 2 nitrogen and oxygen atoms in total. The molecule has 0 amide bonds. The van der Waals surface area contributed by atoms with E-state index in [0.29, 0.717) is 11.5 Å². The summed E-state index contributed by atoms with van der Waals surface area (Å²) in [6.45, 7) is 3.34. The van der Waals surface area contributed by atoms with Crippen molar-refractivity contribution < 1.29 is 13.2 Å². The Hall–Kier alpha value is -0.490. The SMILES string of the molecule is Cl.Cl.Fc1ccc([C@@H](CC2CC2)N2CCNCC2)c(F)c1F. The van der Waals surface area contributed by atoms with Crippen molar-refractivity contribution in [2.75, 3.05) is 26.2 Å². The molecule has 1 saturated carbocycles. The van der Waals surface area contributed by atoms with Crippen LogP contribution in [-0.4, -0.2) is 31.1 Å². The highest BCUT2D eigenvalue weighted by atomic mass is 35.5. The number of hydrogen-bond acceptors (Lipinski definition) is 2. The van der Waals surface area contributed by atoms with Gasteiger partial charge in [0.25, 0.3) is 0 Å². The predicted molar refractivity (Wildman–Crippen MR) is 85.3 cm³/mol. The molecular formula is C15H21Cl2F3N2. The second-order valence-electron chi connectivity index (χ2n) is 5.75. The summed E-state index contributed by atoms with van der Waals surface area (Å²) in [5.41, 5.74) is 0.303. The summed E-state index contributed by atoms with van der Waals surface area (Å²) in [5, 5.41) is 3.26. The van der Waals surface area contributed by atoms with E-state index in [-0.39, 0.29) is 30.9 Å². The molecule has 3 rings (SSSR count). The first kappa shape index (κ1) is 19.6. The minimum absolute atomic E-state index is 0. The number of rotatable bonds is 4. The summed E-state index contributed by atoms with van der Waals surface area (Å²) < 4.78 is 40.7. The van der Waals surface area contributed by atoms with Gasteiger partial charge in [-0.1, -0.05) is 18.9 Å². The highest BCUT2D eigenvalue weighted by Gasteiger charge is 2.32. The number of hydrogen-bond donors (Lipinski definition) is 1. The van der Waals surface area contributed by atoms with Gasteiger partial charge in [0.05, 0.1) is 0 Å². The molecule has 1 aliphatic carbocycles.